The third-order valence-corrected chi connectivity index (χ3v) is 3.46. The van der Waals surface area contributed by atoms with Gasteiger partial charge in [0.25, 0.3) is 0 Å². The number of nitrogens with zero attached hydrogens (tertiary/aromatic N) is 3. The lowest BCUT2D eigenvalue weighted by atomic mass is 10.3. The van der Waals surface area contributed by atoms with E-state index in [0.717, 1.165) is 41.5 Å². The van der Waals surface area contributed by atoms with Gasteiger partial charge >= 0.3 is 0 Å². The first kappa shape index (κ1) is 16.2. The first-order chi connectivity index (χ1) is 10.5. The second kappa shape index (κ2) is 7.22. The Hall–Kier alpha value is -2.15. The van der Waals surface area contributed by atoms with E-state index < -0.39 is 0 Å². The van der Waals surface area contributed by atoms with Crippen molar-refractivity contribution < 1.29 is 4.52 Å². The summed E-state index contributed by atoms with van der Waals surface area (Å²) in [5.74, 6) is 1.56. The van der Waals surface area contributed by atoms with Gasteiger partial charge in [-0.05, 0) is 45.5 Å². The first-order valence-electron chi connectivity index (χ1n) is 7.22. The molecule has 0 radical (unpaired) electrons. The monoisotopic (exact) mass is 319 g/mol. The molecule has 2 aromatic heterocycles. The number of hydrogen-bond acceptors (Lipinski definition) is 4. The standard InChI is InChI=1S/C15H21N5OS/c1-5-6-16-15(22)18-17-9-13-7-10(2)20(12(13)4)14-8-11(3)21-19-14/h7-9H,5-6H2,1-4H3,(H2,16,18,22)/b17-9-. The summed E-state index contributed by atoms with van der Waals surface area (Å²) < 4.78 is 7.18. The topological polar surface area (TPSA) is 67.4 Å². The van der Waals surface area contributed by atoms with E-state index in [0.29, 0.717) is 5.11 Å². The predicted molar refractivity (Wildman–Crippen MR) is 91.7 cm³/mol. The number of nitrogens with one attached hydrogen (secondary N) is 2. The van der Waals surface area contributed by atoms with Crippen molar-refractivity contribution in [3.8, 4) is 5.82 Å². The first-order valence-corrected chi connectivity index (χ1v) is 7.63. The van der Waals surface area contributed by atoms with E-state index >= 15 is 0 Å². The Balaban J connectivity index is 2.12. The maximum absolute atomic E-state index is 5.15. The fraction of sp³-hybridized carbons (Fsp3) is 0.400. The number of thiocarbonyl (C=S) groups is 1. The molecule has 0 atom stereocenters. The van der Waals surface area contributed by atoms with E-state index in [1.54, 1.807) is 6.21 Å². The quantitative estimate of drug-likeness (QED) is 0.504. The molecule has 2 aromatic rings. The lowest BCUT2D eigenvalue weighted by Crippen LogP contribution is -2.32. The van der Waals surface area contributed by atoms with Gasteiger partial charge in [0.15, 0.2) is 10.9 Å². The molecule has 0 aliphatic rings. The van der Waals surface area contributed by atoms with Crippen LogP contribution >= 0.6 is 12.2 Å². The molecule has 6 nitrogen and oxygen atoms in total. The van der Waals surface area contributed by atoms with Crippen LogP contribution in [0.4, 0.5) is 0 Å². The molecule has 0 aliphatic carbocycles. The average Bonchev–Trinajstić information content (AvgIpc) is 3.01. The summed E-state index contributed by atoms with van der Waals surface area (Å²) in [5, 5.41) is 11.8. The van der Waals surface area contributed by atoms with Crippen molar-refractivity contribution >= 4 is 23.5 Å². The third-order valence-electron chi connectivity index (χ3n) is 3.22. The van der Waals surface area contributed by atoms with Gasteiger partial charge in [0.05, 0.1) is 6.21 Å². The van der Waals surface area contributed by atoms with Crippen molar-refractivity contribution in [3.05, 3.63) is 34.8 Å². The Kier molecular flexibility index (Phi) is 5.32. The zero-order chi connectivity index (χ0) is 16.1. The van der Waals surface area contributed by atoms with Crippen LogP contribution in [0.2, 0.25) is 0 Å². The highest BCUT2D eigenvalue weighted by atomic mass is 32.1. The summed E-state index contributed by atoms with van der Waals surface area (Å²) in [6.07, 6.45) is 2.77. The van der Waals surface area contributed by atoms with Gasteiger partial charge in [-0.15, -0.1) is 0 Å². The molecule has 2 heterocycles. The maximum Gasteiger partial charge on any atom is 0.186 e. The minimum absolute atomic E-state index is 0.527. The van der Waals surface area contributed by atoms with Crippen molar-refractivity contribution in [1.82, 2.24) is 20.5 Å². The second-order valence-corrected chi connectivity index (χ2v) is 5.49. The molecule has 0 amide bonds. The molecule has 0 spiro atoms. The van der Waals surface area contributed by atoms with E-state index in [4.69, 9.17) is 16.7 Å². The van der Waals surface area contributed by atoms with Crippen LogP contribution in [0.5, 0.6) is 0 Å². The van der Waals surface area contributed by atoms with E-state index in [9.17, 15) is 0 Å². The Bertz CT molecular complexity index is 686. The summed E-state index contributed by atoms with van der Waals surface area (Å²) in [4.78, 5) is 0. The van der Waals surface area contributed by atoms with E-state index in [1.165, 1.54) is 0 Å². The Morgan fingerprint density at radius 3 is 2.82 bits per heavy atom. The summed E-state index contributed by atoms with van der Waals surface area (Å²) >= 11 is 5.11. The molecule has 0 aliphatic heterocycles. The molecule has 0 saturated heterocycles. The zero-order valence-electron chi connectivity index (χ0n) is 13.3. The molecule has 7 heteroatoms. The Morgan fingerprint density at radius 1 is 1.41 bits per heavy atom. The molecule has 0 bridgehead atoms. The highest BCUT2D eigenvalue weighted by Crippen LogP contribution is 2.19. The number of hydrazone groups is 1. The van der Waals surface area contributed by atoms with Gasteiger partial charge in [-0.2, -0.15) is 5.10 Å². The summed E-state index contributed by atoms with van der Waals surface area (Å²) in [6, 6.07) is 3.95. The molecule has 0 fully saturated rings. The number of rotatable bonds is 5. The number of aryl methyl sites for hydroxylation is 2. The van der Waals surface area contributed by atoms with Crippen LogP contribution in [0.1, 0.15) is 36.1 Å². The van der Waals surface area contributed by atoms with Gasteiger partial charge in [0.1, 0.15) is 5.76 Å². The largest absolute Gasteiger partial charge is 0.361 e. The molecular weight excluding hydrogens is 298 g/mol. The van der Waals surface area contributed by atoms with Gasteiger partial charge in [0.2, 0.25) is 0 Å². The van der Waals surface area contributed by atoms with Crippen molar-refractivity contribution in [2.75, 3.05) is 6.54 Å². The van der Waals surface area contributed by atoms with Gasteiger partial charge in [-0.1, -0.05) is 12.1 Å². The third kappa shape index (κ3) is 3.73. The summed E-state index contributed by atoms with van der Waals surface area (Å²) in [6.45, 7) is 8.84. The molecule has 2 rings (SSSR count). The van der Waals surface area contributed by atoms with Crippen LogP contribution < -0.4 is 10.7 Å². The molecule has 2 N–H and O–H groups in total. The van der Waals surface area contributed by atoms with Crippen LogP contribution in [0, 0.1) is 20.8 Å². The van der Waals surface area contributed by atoms with E-state index in [-0.39, 0.29) is 0 Å². The van der Waals surface area contributed by atoms with Crippen molar-refractivity contribution in [1.29, 1.82) is 0 Å². The van der Waals surface area contributed by atoms with E-state index in [2.05, 4.69) is 27.9 Å². The lowest BCUT2D eigenvalue weighted by Gasteiger charge is -2.05. The van der Waals surface area contributed by atoms with Gasteiger partial charge < -0.3 is 9.84 Å². The summed E-state index contributed by atoms with van der Waals surface area (Å²) in [5.41, 5.74) is 5.93. The van der Waals surface area contributed by atoms with Crippen LogP contribution in [-0.2, 0) is 0 Å². The predicted octanol–water partition coefficient (Wildman–Crippen LogP) is 2.60. The zero-order valence-corrected chi connectivity index (χ0v) is 14.1. The highest BCUT2D eigenvalue weighted by Gasteiger charge is 2.12. The minimum atomic E-state index is 0.527. The van der Waals surface area contributed by atoms with E-state index in [1.807, 2.05) is 37.5 Å². The van der Waals surface area contributed by atoms with Crippen molar-refractivity contribution in [2.24, 2.45) is 5.10 Å². The minimum Gasteiger partial charge on any atom is -0.361 e. The molecular formula is C15H21N5OS. The van der Waals surface area contributed by atoms with Crippen LogP contribution in [0.3, 0.4) is 0 Å². The Morgan fingerprint density at radius 2 is 2.18 bits per heavy atom. The van der Waals surface area contributed by atoms with Gasteiger partial charge in [-0.25, -0.2) is 0 Å². The van der Waals surface area contributed by atoms with Crippen LogP contribution in [-0.4, -0.2) is 27.6 Å². The Labute approximate surface area is 135 Å². The van der Waals surface area contributed by atoms with Crippen LogP contribution in [0.25, 0.3) is 5.82 Å². The highest BCUT2D eigenvalue weighted by molar-refractivity contribution is 7.80. The fourth-order valence-corrected chi connectivity index (χ4v) is 2.32. The lowest BCUT2D eigenvalue weighted by molar-refractivity contribution is 0.394. The molecule has 0 saturated carbocycles. The normalized spacial score (nSPS) is 11.1. The van der Waals surface area contributed by atoms with Crippen molar-refractivity contribution in [3.63, 3.8) is 0 Å². The maximum atomic E-state index is 5.15. The molecule has 118 valence electrons. The second-order valence-electron chi connectivity index (χ2n) is 5.08. The smallest absolute Gasteiger partial charge is 0.186 e. The molecule has 22 heavy (non-hydrogen) atoms. The van der Waals surface area contributed by atoms with Crippen molar-refractivity contribution in [2.45, 2.75) is 34.1 Å². The number of hydrogen-bond donors (Lipinski definition) is 2. The van der Waals surface area contributed by atoms with Gasteiger partial charge in [-0.3, -0.25) is 9.99 Å². The summed E-state index contributed by atoms with van der Waals surface area (Å²) in [7, 11) is 0. The fourth-order valence-electron chi connectivity index (χ4n) is 2.17. The van der Waals surface area contributed by atoms with Crippen LogP contribution in [0.15, 0.2) is 21.8 Å². The number of aromatic nitrogens is 2. The van der Waals surface area contributed by atoms with Gasteiger partial charge in [0, 0.05) is 29.6 Å². The average molecular weight is 319 g/mol. The molecule has 0 aromatic carbocycles. The molecule has 0 unspecified atom stereocenters. The SMILES string of the molecule is CCCNC(=S)N/N=C\c1cc(C)n(-c2cc(C)on2)c1C.